The molecule has 0 spiro atoms. The number of aromatic nitrogens is 1. The Morgan fingerprint density at radius 1 is 0.900 bits per heavy atom. The van der Waals surface area contributed by atoms with Crippen LogP contribution in [0.1, 0.15) is 22.4 Å². The molecule has 1 aliphatic rings. The van der Waals surface area contributed by atoms with E-state index in [-0.39, 0.29) is 0 Å². The molecular weight excluding hydrogens is 376 g/mol. The van der Waals surface area contributed by atoms with Gasteiger partial charge in [-0.1, -0.05) is 18.2 Å². The van der Waals surface area contributed by atoms with Crippen molar-refractivity contribution in [3.63, 3.8) is 0 Å². The molecule has 156 valence electrons. The lowest BCUT2D eigenvalue weighted by Gasteiger charge is -2.19. The summed E-state index contributed by atoms with van der Waals surface area (Å²) < 4.78 is 17.6. The van der Waals surface area contributed by atoms with Gasteiger partial charge in [0.1, 0.15) is 12.4 Å². The van der Waals surface area contributed by atoms with Gasteiger partial charge in [0.25, 0.3) is 0 Å². The van der Waals surface area contributed by atoms with Crippen LogP contribution in [0.25, 0.3) is 11.1 Å². The average Bonchev–Trinajstić information content (AvgIpc) is 3.01. The molecule has 2 heterocycles. The standard InChI is InChI=1S/C25H28N2O3/c1-17-8-13-27-21(14-17)16-30-22-6-7-23(28-2)25(29-3)24(22)20-5-4-18-9-11-26-12-10-19(18)15-20/h4-8,13-15,26H,9-12,16H2,1-3H3. The summed E-state index contributed by atoms with van der Waals surface area (Å²) in [4.78, 5) is 4.41. The van der Waals surface area contributed by atoms with Crippen molar-refractivity contribution >= 4 is 0 Å². The monoisotopic (exact) mass is 404 g/mol. The van der Waals surface area contributed by atoms with Gasteiger partial charge in [-0.05, 0) is 79.4 Å². The summed E-state index contributed by atoms with van der Waals surface area (Å²) in [6.07, 6.45) is 3.87. The van der Waals surface area contributed by atoms with E-state index in [0.29, 0.717) is 18.1 Å². The van der Waals surface area contributed by atoms with Crippen LogP contribution in [-0.2, 0) is 19.4 Å². The molecular formula is C25H28N2O3. The Bertz CT molecular complexity index is 1030. The van der Waals surface area contributed by atoms with Gasteiger partial charge in [-0.3, -0.25) is 4.98 Å². The third-order valence-corrected chi connectivity index (χ3v) is 5.49. The summed E-state index contributed by atoms with van der Waals surface area (Å²) >= 11 is 0. The lowest BCUT2D eigenvalue weighted by Crippen LogP contribution is -2.16. The van der Waals surface area contributed by atoms with Gasteiger partial charge < -0.3 is 19.5 Å². The minimum Gasteiger partial charge on any atom is -0.493 e. The van der Waals surface area contributed by atoms with Gasteiger partial charge in [-0.15, -0.1) is 0 Å². The molecule has 1 aromatic heterocycles. The first-order valence-electron chi connectivity index (χ1n) is 10.3. The van der Waals surface area contributed by atoms with E-state index in [9.17, 15) is 0 Å². The van der Waals surface area contributed by atoms with Gasteiger partial charge >= 0.3 is 0 Å². The van der Waals surface area contributed by atoms with Gasteiger partial charge in [0.2, 0.25) is 0 Å². The molecule has 3 aromatic rings. The first-order chi connectivity index (χ1) is 14.7. The second-order valence-corrected chi connectivity index (χ2v) is 7.52. The Hall–Kier alpha value is -3.05. The fourth-order valence-corrected chi connectivity index (χ4v) is 3.96. The van der Waals surface area contributed by atoms with Crippen molar-refractivity contribution in [2.75, 3.05) is 27.3 Å². The van der Waals surface area contributed by atoms with E-state index in [1.165, 1.54) is 11.1 Å². The maximum absolute atomic E-state index is 6.23. The van der Waals surface area contributed by atoms with Crippen molar-refractivity contribution < 1.29 is 14.2 Å². The van der Waals surface area contributed by atoms with Gasteiger partial charge in [-0.2, -0.15) is 0 Å². The second-order valence-electron chi connectivity index (χ2n) is 7.52. The molecule has 0 unspecified atom stereocenters. The largest absolute Gasteiger partial charge is 0.493 e. The fraction of sp³-hybridized carbons (Fsp3) is 0.320. The summed E-state index contributed by atoms with van der Waals surface area (Å²) in [6, 6.07) is 14.5. The van der Waals surface area contributed by atoms with Crippen molar-refractivity contribution in [1.29, 1.82) is 0 Å². The number of nitrogens with zero attached hydrogens (tertiary/aromatic N) is 1. The molecule has 0 amide bonds. The second kappa shape index (κ2) is 9.18. The number of methoxy groups -OCH3 is 2. The predicted octanol–water partition coefficient (Wildman–Crippen LogP) is 4.34. The Kier molecular flexibility index (Phi) is 6.19. The smallest absolute Gasteiger partial charge is 0.172 e. The number of aryl methyl sites for hydroxylation is 1. The number of benzene rings is 2. The Balaban J connectivity index is 1.75. The SMILES string of the molecule is COc1ccc(OCc2cc(C)ccn2)c(-c2ccc3c(c2)CCNCC3)c1OC. The van der Waals surface area contributed by atoms with E-state index in [4.69, 9.17) is 14.2 Å². The molecule has 0 saturated carbocycles. The number of pyridine rings is 1. The molecule has 1 N–H and O–H groups in total. The fourth-order valence-electron chi connectivity index (χ4n) is 3.96. The van der Waals surface area contributed by atoms with Gasteiger partial charge in [0.05, 0.1) is 25.5 Å². The molecule has 0 bridgehead atoms. The first kappa shape index (κ1) is 20.2. The van der Waals surface area contributed by atoms with E-state index >= 15 is 0 Å². The van der Waals surface area contributed by atoms with Crippen LogP contribution in [0.15, 0.2) is 48.7 Å². The van der Waals surface area contributed by atoms with Gasteiger partial charge in [-0.25, -0.2) is 0 Å². The highest BCUT2D eigenvalue weighted by atomic mass is 16.5. The van der Waals surface area contributed by atoms with Crippen LogP contribution in [0.5, 0.6) is 17.2 Å². The first-order valence-corrected chi connectivity index (χ1v) is 10.3. The molecule has 30 heavy (non-hydrogen) atoms. The minimum absolute atomic E-state index is 0.388. The number of hydrogen-bond donors (Lipinski definition) is 1. The maximum atomic E-state index is 6.23. The zero-order chi connectivity index (χ0) is 20.9. The Morgan fingerprint density at radius 3 is 2.47 bits per heavy atom. The van der Waals surface area contributed by atoms with Gasteiger partial charge in [0.15, 0.2) is 11.5 Å². The quantitative estimate of drug-likeness (QED) is 0.662. The summed E-state index contributed by atoms with van der Waals surface area (Å²) in [5.74, 6) is 2.12. The van der Waals surface area contributed by atoms with Crippen LogP contribution in [-0.4, -0.2) is 32.3 Å². The van der Waals surface area contributed by atoms with Crippen LogP contribution in [0.2, 0.25) is 0 Å². The molecule has 0 radical (unpaired) electrons. The van der Waals surface area contributed by atoms with Crippen LogP contribution in [0.4, 0.5) is 0 Å². The minimum atomic E-state index is 0.388. The van der Waals surface area contributed by atoms with E-state index in [1.54, 1.807) is 14.2 Å². The molecule has 0 fully saturated rings. The van der Waals surface area contributed by atoms with Crippen molar-refractivity contribution in [3.8, 4) is 28.4 Å². The summed E-state index contributed by atoms with van der Waals surface area (Å²) in [5, 5.41) is 3.47. The normalized spacial score (nSPS) is 13.3. The van der Waals surface area contributed by atoms with Gasteiger partial charge in [0, 0.05) is 6.20 Å². The number of ether oxygens (including phenoxy) is 3. The molecule has 5 heteroatoms. The Morgan fingerprint density at radius 2 is 1.70 bits per heavy atom. The molecule has 4 rings (SSSR count). The van der Waals surface area contributed by atoms with Crippen molar-refractivity contribution in [1.82, 2.24) is 10.3 Å². The lowest BCUT2D eigenvalue weighted by molar-refractivity contribution is 0.298. The number of fused-ring (bicyclic) bond motifs is 1. The topological polar surface area (TPSA) is 52.6 Å². The average molecular weight is 405 g/mol. The maximum Gasteiger partial charge on any atom is 0.172 e. The highest BCUT2D eigenvalue weighted by Gasteiger charge is 2.20. The number of hydrogen-bond acceptors (Lipinski definition) is 5. The van der Waals surface area contributed by atoms with Crippen LogP contribution in [0, 0.1) is 6.92 Å². The molecule has 1 aliphatic heterocycles. The summed E-state index contributed by atoms with van der Waals surface area (Å²) in [7, 11) is 3.32. The highest BCUT2D eigenvalue weighted by molar-refractivity contribution is 5.80. The number of nitrogens with one attached hydrogen (secondary N) is 1. The predicted molar refractivity (Wildman–Crippen MR) is 119 cm³/mol. The summed E-state index contributed by atoms with van der Waals surface area (Å²) in [6.45, 7) is 4.46. The lowest BCUT2D eigenvalue weighted by atomic mass is 9.95. The van der Waals surface area contributed by atoms with Crippen molar-refractivity contribution in [2.45, 2.75) is 26.4 Å². The molecule has 0 saturated heterocycles. The zero-order valence-corrected chi connectivity index (χ0v) is 17.8. The van der Waals surface area contributed by atoms with Crippen LogP contribution < -0.4 is 19.5 Å². The molecule has 0 atom stereocenters. The Labute approximate surface area is 178 Å². The molecule has 2 aromatic carbocycles. The van der Waals surface area contributed by atoms with E-state index in [1.807, 2.05) is 30.5 Å². The molecule has 0 aliphatic carbocycles. The van der Waals surface area contributed by atoms with Crippen molar-refractivity contribution in [2.24, 2.45) is 0 Å². The third kappa shape index (κ3) is 4.26. The van der Waals surface area contributed by atoms with E-state index < -0.39 is 0 Å². The van der Waals surface area contributed by atoms with Crippen LogP contribution >= 0.6 is 0 Å². The third-order valence-electron chi connectivity index (χ3n) is 5.49. The zero-order valence-electron chi connectivity index (χ0n) is 17.8. The number of rotatable bonds is 6. The summed E-state index contributed by atoms with van der Waals surface area (Å²) in [5.41, 5.74) is 6.80. The molecule has 5 nitrogen and oxygen atoms in total. The van der Waals surface area contributed by atoms with E-state index in [2.05, 4.69) is 35.4 Å². The highest BCUT2D eigenvalue weighted by Crippen LogP contribution is 2.45. The van der Waals surface area contributed by atoms with E-state index in [0.717, 1.165) is 54.1 Å². The van der Waals surface area contributed by atoms with Crippen molar-refractivity contribution in [3.05, 3.63) is 71.0 Å². The van der Waals surface area contributed by atoms with Crippen LogP contribution in [0.3, 0.4) is 0 Å².